The Balaban J connectivity index is 1.71. The molecule has 1 aliphatic rings. The second kappa shape index (κ2) is 4.94. The van der Waals surface area contributed by atoms with Gasteiger partial charge in [0.05, 0.1) is 26.7 Å². The molecule has 1 aromatic carbocycles. The minimum atomic E-state index is -0.0430. The van der Waals surface area contributed by atoms with Crippen LogP contribution >= 0.6 is 22.6 Å². The molecule has 0 atom stereocenters. The monoisotopic (exact) mass is 392 g/mol. The van der Waals surface area contributed by atoms with E-state index in [1.54, 1.807) is 0 Å². The number of rotatable bonds is 3. The third-order valence-corrected chi connectivity index (χ3v) is 4.72. The summed E-state index contributed by atoms with van der Waals surface area (Å²) >= 11 is 2.09. The van der Waals surface area contributed by atoms with E-state index < -0.39 is 0 Å². The van der Waals surface area contributed by atoms with Crippen LogP contribution in [-0.2, 0) is 6.42 Å². The third-order valence-electron chi connectivity index (χ3n) is 3.67. The summed E-state index contributed by atoms with van der Waals surface area (Å²) in [7, 11) is 0. The lowest BCUT2D eigenvalue weighted by molar-refractivity contribution is 0.848. The predicted molar refractivity (Wildman–Crippen MR) is 88.4 cm³/mol. The highest BCUT2D eigenvalue weighted by atomic mass is 127. The molecular weight excluding hydrogens is 379 g/mol. The van der Waals surface area contributed by atoms with E-state index in [9.17, 15) is 4.79 Å². The van der Waals surface area contributed by atoms with Crippen LogP contribution in [0.1, 0.15) is 36.1 Å². The number of nitrogens with one attached hydrogen (secondary N) is 2. The largest absolute Gasteiger partial charge is 0.342 e. The number of para-hydroxylation sites is 2. The van der Waals surface area contributed by atoms with Gasteiger partial charge in [-0.15, -0.1) is 0 Å². The van der Waals surface area contributed by atoms with Crippen LogP contribution in [0.15, 0.2) is 29.1 Å². The number of hydrogen-bond acceptors (Lipinski definition) is 3. The molecular formula is C15H13IN4O. The average Bonchev–Trinajstić information content (AvgIpc) is 3.22. The van der Waals surface area contributed by atoms with E-state index in [4.69, 9.17) is 0 Å². The summed E-state index contributed by atoms with van der Waals surface area (Å²) in [5.74, 6) is 1.97. The third kappa shape index (κ3) is 2.48. The van der Waals surface area contributed by atoms with Crippen LogP contribution in [0.2, 0.25) is 0 Å². The summed E-state index contributed by atoms with van der Waals surface area (Å²) in [5, 5.41) is 0. The fourth-order valence-corrected chi connectivity index (χ4v) is 3.18. The summed E-state index contributed by atoms with van der Waals surface area (Å²) in [6.45, 7) is 0. The van der Waals surface area contributed by atoms with Gasteiger partial charge in [0.2, 0.25) is 0 Å². The van der Waals surface area contributed by atoms with Gasteiger partial charge in [-0.2, -0.15) is 0 Å². The van der Waals surface area contributed by atoms with Crippen LogP contribution in [0.25, 0.3) is 11.0 Å². The van der Waals surface area contributed by atoms with E-state index in [1.165, 1.54) is 0 Å². The Kier molecular flexibility index (Phi) is 3.06. The number of imidazole rings is 1. The van der Waals surface area contributed by atoms with E-state index in [2.05, 4.69) is 42.5 Å². The highest BCUT2D eigenvalue weighted by Crippen LogP contribution is 2.40. The lowest BCUT2D eigenvalue weighted by Gasteiger charge is -2.04. The standard InChI is InChI=1S/C15H13IN4O/c16-13-14(8-5-6-8)19-12(20-15(13)21)7-11-17-9-3-1-2-4-10(9)18-11/h1-4,8H,5-7H2,(H,17,18)(H,19,20,21). The maximum absolute atomic E-state index is 12.0. The van der Waals surface area contributed by atoms with Crippen molar-refractivity contribution in [3.05, 3.63) is 55.5 Å². The zero-order valence-electron chi connectivity index (χ0n) is 11.2. The summed E-state index contributed by atoms with van der Waals surface area (Å²) < 4.78 is 0.725. The van der Waals surface area contributed by atoms with Crippen molar-refractivity contribution >= 4 is 33.6 Å². The summed E-state index contributed by atoms with van der Waals surface area (Å²) in [4.78, 5) is 27.3. The van der Waals surface area contributed by atoms with Crippen LogP contribution in [-0.4, -0.2) is 19.9 Å². The van der Waals surface area contributed by atoms with Crippen molar-refractivity contribution in [2.24, 2.45) is 0 Å². The smallest absolute Gasteiger partial charge is 0.264 e. The number of aromatic nitrogens is 4. The molecule has 0 aliphatic heterocycles. The van der Waals surface area contributed by atoms with Gasteiger partial charge < -0.3 is 9.97 Å². The molecule has 1 aliphatic carbocycles. The minimum Gasteiger partial charge on any atom is -0.342 e. The molecule has 0 spiro atoms. The predicted octanol–water partition coefficient (Wildman–Crippen LogP) is 2.72. The molecule has 21 heavy (non-hydrogen) atoms. The fraction of sp³-hybridized carbons (Fsp3) is 0.267. The van der Waals surface area contributed by atoms with Gasteiger partial charge in [0.25, 0.3) is 5.56 Å². The average molecular weight is 392 g/mol. The second-order valence-electron chi connectivity index (χ2n) is 5.36. The normalized spacial score (nSPS) is 14.7. The zero-order valence-corrected chi connectivity index (χ0v) is 13.3. The Bertz CT molecular complexity index is 846. The van der Waals surface area contributed by atoms with Crippen LogP contribution < -0.4 is 5.56 Å². The Hall–Kier alpha value is -1.70. The van der Waals surface area contributed by atoms with Crippen molar-refractivity contribution in [1.82, 2.24) is 19.9 Å². The number of fused-ring (bicyclic) bond motifs is 1. The quantitative estimate of drug-likeness (QED) is 0.674. The summed E-state index contributed by atoms with van der Waals surface area (Å²) in [6, 6.07) is 7.89. The Morgan fingerprint density at radius 1 is 1.14 bits per heavy atom. The molecule has 5 nitrogen and oxygen atoms in total. The molecule has 3 aromatic rings. The van der Waals surface area contributed by atoms with E-state index in [0.29, 0.717) is 18.2 Å². The van der Waals surface area contributed by atoms with Crippen LogP contribution in [0, 0.1) is 3.57 Å². The van der Waals surface area contributed by atoms with Gasteiger partial charge in [-0.1, -0.05) is 12.1 Å². The lowest BCUT2D eigenvalue weighted by Crippen LogP contribution is -2.18. The molecule has 0 radical (unpaired) electrons. The number of aromatic amines is 2. The molecule has 6 heteroatoms. The fourth-order valence-electron chi connectivity index (χ4n) is 2.48. The van der Waals surface area contributed by atoms with Gasteiger partial charge in [-0.25, -0.2) is 9.97 Å². The van der Waals surface area contributed by atoms with Crippen molar-refractivity contribution in [3.8, 4) is 0 Å². The molecule has 2 heterocycles. The van der Waals surface area contributed by atoms with Gasteiger partial charge in [0, 0.05) is 5.92 Å². The number of hydrogen-bond donors (Lipinski definition) is 2. The Morgan fingerprint density at radius 3 is 2.67 bits per heavy atom. The van der Waals surface area contributed by atoms with Crippen molar-refractivity contribution in [3.63, 3.8) is 0 Å². The maximum Gasteiger partial charge on any atom is 0.264 e. The molecule has 0 bridgehead atoms. The maximum atomic E-state index is 12.0. The van der Waals surface area contributed by atoms with Gasteiger partial charge in [0.15, 0.2) is 0 Å². The van der Waals surface area contributed by atoms with E-state index >= 15 is 0 Å². The lowest BCUT2D eigenvalue weighted by atomic mass is 10.2. The van der Waals surface area contributed by atoms with Crippen molar-refractivity contribution in [2.45, 2.75) is 25.2 Å². The molecule has 2 N–H and O–H groups in total. The minimum absolute atomic E-state index is 0.0430. The molecule has 0 saturated heterocycles. The molecule has 106 valence electrons. The number of H-pyrrole nitrogens is 2. The SMILES string of the molecule is O=c1[nH]c(Cc2nc3ccccc3[nH]2)nc(C2CC2)c1I. The highest BCUT2D eigenvalue weighted by molar-refractivity contribution is 14.1. The topological polar surface area (TPSA) is 74.4 Å². The summed E-state index contributed by atoms with van der Waals surface area (Å²) in [6.07, 6.45) is 2.79. The first-order valence-electron chi connectivity index (χ1n) is 6.93. The van der Waals surface area contributed by atoms with Crippen molar-refractivity contribution in [1.29, 1.82) is 0 Å². The number of nitrogens with zero attached hydrogens (tertiary/aromatic N) is 2. The van der Waals surface area contributed by atoms with Crippen LogP contribution in [0.3, 0.4) is 0 Å². The van der Waals surface area contributed by atoms with Gasteiger partial charge in [-0.3, -0.25) is 4.79 Å². The number of benzene rings is 1. The number of halogens is 1. The molecule has 0 amide bonds. The summed E-state index contributed by atoms with van der Waals surface area (Å²) in [5.41, 5.74) is 2.84. The highest BCUT2D eigenvalue weighted by Gasteiger charge is 2.28. The van der Waals surface area contributed by atoms with Gasteiger partial charge >= 0.3 is 0 Å². The van der Waals surface area contributed by atoms with Crippen LogP contribution in [0.5, 0.6) is 0 Å². The first-order chi connectivity index (χ1) is 10.2. The molecule has 2 aromatic heterocycles. The first-order valence-corrected chi connectivity index (χ1v) is 8.01. The first kappa shape index (κ1) is 13.0. The zero-order chi connectivity index (χ0) is 14.4. The van der Waals surface area contributed by atoms with Crippen molar-refractivity contribution in [2.75, 3.05) is 0 Å². The molecule has 0 unspecified atom stereocenters. The molecule has 4 rings (SSSR count). The van der Waals surface area contributed by atoms with Gasteiger partial charge in [0.1, 0.15) is 11.6 Å². The Labute approximate surface area is 134 Å². The van der Waals surface area contributed by atoms with Gasteiger partial charge in [-0.05, 0) is 47.6 Å². The van der Waals surface area contributed by atoms with E-state index in [-0.39, 0.29) is 5.56 Å². The van der Waals surface area contributed by atoms with E-state index in [1.807, 2.05) is 24.3 Å². The second-order valence-corrected chi connectivity index (χ2v) is 6.44. The van der Waals surface area contributed by atoms with Crippen LogP contribution in [0.4, 0.5) is 0 Å². The van der Waals surface area contributed by atoms with E-state index in [0.717, 1.165) is 39.0 Å². The molecule has 1 saturated carbocycles. The molecule has 1 fully saturated rings. The van der Waals surface area contributed by atoms with Crippen molar-refractivity contribution < 1.29 is 0 Å². The Morgan fingerprint density at radius 2 is 1.90 bits per heavy atom.